The SMILES string of the molecule is CCN(CC)CCCOc1cc2ncnc(Nc3ccc(C#N)c(C(F)(F)F)c3)c2cc1OC. The van der Waals surface area contributed by atoms with Crippen LogP contribution in [0.4, 0.5) is 24.7 Å². The second-order valence-corrected chi connectivity index (χ2v) is 7.47. The van der Waals surface area contributed by atoms with Crippen LogP contribution < -0.4 is 14.8 Å². The van der Waals surface area contributed by atoms with Gasteiger partial charge in [-0.1, -0.05) is 13.8 Å². The number of nitriles is 1. The highest BCUT2D eigenvalue weighted by molar-refractivity contribution is 5.93. The van der Waals surface area contributed by atoms with E-state index < -0.39 is 17.3 Å². The lowest BCUT2D eigenvalue weighted by Crippen LogP contribution is -2.25. The molecule has 0 aliphatic heterocycles. The van der Waals surface area contributed by atoms with Gasteiger partial charge in [-0.05, 0) is 43.8 Å². The summed E-state index contributed by atoms with van der Waals surface area (Å²) in [6.45, 7) is 7.61. The largest absolute Gasteiger partial charge is 0.493 e. The van der Waals surface area contributed by atoms with Crippen molar-refractivity contribution < 1.29 is 22.6 Å². The van der Waals surface area contributed by atoms with Gasteiger partial charge in [0, 0.05) is 23.7 Å². The molecule has 2 aromatic carbocycles. The molecule has 34 heavy (non-hydrogen) atoms. The number of aromatic nitrogens is 2. The first-order valence-electron chi connectivity index (χ1n) is 10.9. The minimum atomic E-state index is -4.66. The molecule has 0 saturated heterocycles. The Bertz CT molecular complexity index is 1170. The minimum absolute atomic E-state index is 0.141. The summed E-state index contributed by atoms with van der Waals surface area (Å²) in [5.41, 5.74) is -0.782. The molecule has 180 valence electrons. The number of rotatable bonds is 10. The summed E-state index contributed by atoms with van der Waals surface area (Å²) in [4.78, 5) is 10.8. The first kappa shape index (κ1) is 25.1. The van der Waals surface area contributed by atoms with Gasteiger partial charge in [0.15, 0.2) is 11.5 Å². The van der Waals surface area contributed by atoms with Gasteiger partial charge in [0.05, 0.1) is 36.4 Å². The van der Waals surface area contributed by atoms with Gasteiger partial charge in [-0.2, -0.15) is 18.4 Å². The van der Waals surface area contributed by atoms with Crippen molar-refractivity contribution in [2.75, 3.05) is 38.7 Å². The molecule has 10 heteroatoms. The highest BCUT2D eigenvalue weighted by Crippen LogP contribution is 2.37. The summed E-state index contributed by atoms with van der Waals surface area (Å²) >= 11 is 0. The highest BCUT2D eigenvalue weighted by Gasteiger charge is 2.34. The third-order valence-electron chi connectivity index (χ3n) is 5.40. The Morgan fingerprint density at radius 2 is 1.85 bits per heavy atom. The molecule has 0 fully saturated rings. The maximum Gasteiger partial charge on any atom is 0.417 e. The van der Waals surface area contributed by atoms with Crippen LogP contribution in [0.3, 0.4) is 0 Å². The molecular weight excluding hydrogens is 447 g/mol. The van der Waals surface area contributed by atoms with Crippen LogP contribution >= 0.6 is 0 Å². The third kappa shape index (κ3) is 5.85. The lowest BCUT2D eigenvalue weighted by atomic mass is 10.1. The molecule has 0 spiro atoms. The quantitative estimate of drug-likeness (QED) is 0.396. The maximum atomic E-state index is 13.3. The number of hydrogen-bond acceptors (Lipinski definition) is 7. The Labute approximate surface area is 196 Å². The summed E-state index contributed by atoms with van der Waals surface area (Å²) in [7, 11) is 1.51. The average Bonchev–Trinajstić information content (AvgIpc) is 2.83. The second kappa shape index (κ2) is 11.0. The standard InChI is InChI=1S/C24H26F3N5O2/c1-4-32(5-2)9-6-10-34-22-13-20-18(12-21(22)33-3)23(30-15-29-20)31-17-8-7-16(14-28)19(11-17)24(25,26)27/h7-8,11-13,15H,4-6,9-10H2,1-3H3,(H,29,30,31). The van der Waals surface area contributed by atoms with Crippen LogP contribution in [0, 0.1) is 11.3 Å². The van der Waals surface area contributed by atoms with Crippen molar-refractivity contribution in [1.82, 2.24) is 14.9 Å². The Kier molecular flexibility index (Phi) is 8.12. The van der Waals surface area contributed by atoms with Gasteiger partial charge in [0.25, 0.3) is 0 Å². The predicted octanol–water partition coefficient (Wildman–Crippen LogP) is 5.38. The van der Waals surface area contributed by atoms with Gasteiger partial charge in [-0.25, -0.2) is 9.97 Å². The van der Waals surface area contributed by atoms with E-state index in [2.05, 4.69) is 34.0 Å². The number of methoxy groups -OCH3 is 1. The topological polar surface area (TPSA) is 83.3 Å². The van der Waals surface area contributed by atoms with Crippen LogP contribution in [0.1, 0.15) is 31.4 Å². The van der Waals surface area contributed by atoms with E-state index in [0.29, 0.717) is 34.8 Å². The molecule has 0 aliphatic rings. The molecule has 0 bridgehead atoms. The van der Waals surface area contributed by atoms with Crippen LogP contribution in [-0.2, 0) is 6.18 Å². The molecule has 1 N–H and O–H groups in total. The van der Waals surface area contributed by atoms with E-state index in [1.807, 2.05) is 0 Å². The Balaban J connectivity index is 1.86. The van der Waals surface area contributed by atoms with Crippen LogP contribution in [-0.4, -0.2) is 48.2 Å². The van der Waals surface area contributed by atoms with E-state index in [1.54, 1.807) is 18.2 Å². The number of halogens is 3. The van der Waals surface area contributed by atoms with Gasteiger partial charge < -0.3 is 19.7 Å². The van der Waals surface area contributed by atoms with Crippen molar-refractivity contribution in [3.8, 4) is 17.6 Å². The number of nitrogens with one attached hydrogen (secondary N) is 1. The van der Waals surface area contributed by atoms with E-state index in [0.717, 1.165) is 38.2 Å². The number of nitrogens with zero attached hydrogens (tertiary/aromatic N) is 4. The van der Waals surface area contributed by atoms with Crippen LogP contribution in [0.15, 0.2) is 36.7 Å². The summed E-state index contributed by atoms with van der Waals surface area (Å²) in [5, 5.41) is 12.4. The van der Waals surface area contributed by atoms with Crippen molar-refractivity contribution in [2.24, 2.45) is 0 Å². The lowest BCUT2D eigenvalue weighted by molar-refractivity contribution is -0.137. The van der Waals surface area contributed by atoms with E-state index in [4.69, 9.17) is 14.7 Å². The van der Waals surface area contributed by atoms with E-state index >= 15 is 0 Å². The van der Waals surface area contributed by atoms with Crippen molar-refractivity contribution in [3.63, 3.8) is 0 Å². The van der Waals surface area contributed by atoms with Gasteiger partial charge in [-0.15, -0.1) is 0 Å². The normalized spacial score (nSPS) is 11.5. The van der Waals surface area contributed by atoms with Crippen LogP contribution in [0.25, 0.3) is 10.9 Å². The van der Waals surface area contributed by atoms with E-state index in [9.17, 15) is 13.2 Å². The first-order valence-corrected chi connectivity index (χ1v) is 10.9. The number of hydrogen-bond donors (Lipinski definition) is 1. The van der Waals surface area contributed by atoms with Crippen molar-refractivity contribution in [3.05, 3.63) is 47.8 Å². The monoisotopic (exact) mass is 473 g/mol. The fraction of sp³-hybridized carbons (Fsp3) is 0.375. The zero-order valence-electron chi connectivity index (χ0n) is 19.2. The zero-order valence-corrected chi connectivity index (χ0v) is 19.2. The van der Waals surface area contributed by atoms with Crippen molar-refractivity contribution in [1.29, 1.82) is 5.26 Å². The van der Waals surface area contributed by atoms with Gasteiger partial charge >= 0.3 is 6.18 Å². The molecule has 0 saturated carbocycles. The zero-order chi connectivity index (χ0) is 24.7. The Morgan fingerprint density at radius 1 is 1.09 bits per heavy atom. The highest BCUT2D eigenvalue weighted by atomic mass is 19.4. The molecule has 0 amide bonds. The number of ether oxygens (including phenoxy) is 2. The average molecular weight is 473 g/mol. The van der Waals surface area contributed by atoms with Crippen molar-refractivity contribution in [2.45, 2.75) is 26.4 Å². The molecule has 0 radical (unpaired) electrons. The van der Waals surface area contributed by atoms with E-state index in [-0.39, 0.29) is 5.69 Å². The molecule has 0 aliphatic carbocycles. The first-order chi connectivity index (χ1) is 16.3. The summed E-state index contributed by atoms with van der Waals surface area (Å²) in [6, 6.07) is 8.38. The minimum Gasteiger partial charge on any atom is -0.493 e. The molecule has 1 aromatic heterocycles. The molecular formula is C24H26F3N5O2. The van der Waals surface area contributed by atoms with Gasteiger partial charge in [0.1, 0.15) is 12.1 Å². The lowest BCUT2D eigenvalue weighted by Gasteiger charge is -2.18. The molecule has 7 nitrogen and oxygen atoms in total. The Morgan fingerprint density at radius 3 is 2.50 bits per heavy atom. The number of fused-ring (bicyclic) bond motifs is 1. The number of benzene rings is 2. The van der Waals surface area contributed by atoms with Gasteiger partial charge in [0.2, 0.25) is 0 Å². The number of anilines is 2. The Hall–Kier alpha value is -3.58. The fourth-order valence-electron chi connectivity index (χ4n) is 3.54. The maximum absolute atomic E-state index is 13.3. The smallest absolute Gasteiger partial charge is 0.417 e. The van der Waals surface area contributed by atoms with Crippen molar-refractivity contribution >= 4 is 22.4 Å². The molecule has 3 aromatic rings. The number of alkyl halides is 3. The summed E-state index contributed by atoms with van der Waals surface area (Å²) < 4.78 is 51.4. The molecule has 3 rings (SSSR count). The second-order valence-electron chi connectivity index (χ2n) is 7.47. The molecule has 0 unspecified atom stereocenters. The predicted molar refractivity (Wildman–Crippen MR) is 123 cm³/mol. The molecule has 0 atom stereocenters. The summed E-state index contributed by atoms with van der Waals surface area (Å²) in [6.07, 6.45) is -2.49. The van der Waals surface area contributed by atoms with E-state index in [1.165, 1.54) is 19.5 Å². The van der Waals surface area contributed by atoms with Crippen LogP contribution in [0.5, 0.6) is 11.5 Å². The third-order valence-corrected chi connectivity index (χ3v) is 5.40. The van der Waals surface area contributed by atoms with Crippen LogP contribution in [0.2, 0.25) is 0 Å². The van der Waals surface area contributed by atoms with Gasteiger partial charge in [-0.3, -0.25) is 0 Å². The molecule has 1 heterocycles. The fourth-order valence-corrected chi connectivity index (χ4v) is 3.54. The summed E-state index contributed by atoms with van der Waals surface area (Å²) in [5.74, 6) is 1.29.